The number of nitrogens with one attached hydrogen (secondary N) is 1. The number of unbranched alkanes of at least 4 members (excludes halogenated alkanes) is 1. The predicted molar refractivity (Wildman–Crippen MR) is 109 cm³/mol. The van der Waals surface area contributed by atoms with E-state index in [0.29, 0.717) is 26.1 Å². The Hall–Kier alpha value is -2.01. The molecule has 0 saturated carbocycles. The van der Waals surface area contributed by atoms with Crippen LogP contribution in [0.4, 0.5) is 5.69 Å². The first-order valence-corrected chi connectivity index (χ1v) is 9.86. The van der Waals surface area contributed by atoms with Crippen LogP contribution in [-0.4, -0.2) is 19.1 Å². The van der Waals surface area contributed by atoms with Crippen molar-refractivity contribution >= 4 is 27.5 Å². The van der Waals surface area contributed by atoms with Crippen molar-refractivity contribution in [2.24, 2.45) is 0 Å². The molecule has 26 heavy (non-hydrogen) atoms. The molecule has 0 aliphatic rings. The molecule has 4 nitrogen and oxygen atoms in total. The SMILES string of the molecule is CCCCOc1ccc(CCC(=O)Nc2ccccc2Br)cc1OCC. The van der Waals surface area contributed by atoms with Crippen LogP contribution in [0.5, 0.6) is 11.5 Å². The molecule has 0 unspecified atom stereocenters. The summed E-state index contributed by atoms with van der Waals surface area (Å²) in [5.41, 5.74) is 1.84. The highest BCUT2D eigenvalue weighted by atomic mass is 79.9. The average molecular weight is 420 g/mol. The third kappa shape index (κ3) is 6.37. The van der Waals surface area contributed by atoms with E-state index in [1.165, 1.54) is 0 Å². The molecule has 0 aromatic heterocycles. The molecule has 2 rings (SSSR count). The Morgan fingerprint density at radius 2 is 1.88 bits per heavy atom. The molecule has 5 heteroatoms. The van der Waals surface area contributed by atoms with E-state index in [9.17, 15) is 4.79 Å². The number of ether oxygens (including phenoxy) is 2. The van der Waals surface area contributed by atoms with Crippen LogP contribution in [0.2, 0.25) is 0 Å². The monoisotopic (exact) mass is 419 g/mol. The molecule has 0 radical (unpaired) electrons. The van der Waals surface area contributed by atoms with Crippen LogP contribution < -0.4 is 14.8 Å². The maximum absolute atomic E-state index is 12.2. The summed E-state index contributed by atoms with van der Waals surface area (Å²) in [5.74, 6) is 1.49. The summed E-state index contributed by atoms with van der Waals surface area (Å²) in [6, 6.07) is 13.5. The Bertz CT molecular complexity index is 718. The highest BCUT2D eigenvalue weighted by Gasteiger charge is 2.09. The Kier molecular flexibility index (Phi) is 8.48. The summed E-state index contributed by atoms with van der Waals surface area (Å²) >= 11 is 3.44. The van der Waals surface area contributed by atoms with Gasteiger partial charge < -0.3 is 14.8 Å². The number of hydrogen-bond acceptors (Lipinski definition) is 3. The normalized spacial score (nSPS) is 10.4. The van der Waals surface area contributed by atoms with Gasteiger partial charge in [-0.15, -0.1) is 0 Å². The quantitative estimate of drug-likeness (QED) is 0.509. The van der Waals surface area contributed by atoms with Gasteiger partial charge in [-0.2, -0.15) is 0 Å². The lowest BCUT2D eigenvalue weighted by Crippen LogP contribution is -2.12. The van der Waals surface area contributed by atoms with Crippen molar-refractivity contribution < 1.29 is 14.3 Å². The van der Waals surface area contributed by atoms with Gasteiger partial charge in [-0.25, -0.2) is 0 Å². The van der Waals surface area contributed by atoms with Gasteiger partial charge in [0.15, 0.2) is 11.5 Å². The highest BCUT2D eigenvalue weighted by Crippen LogP contribution is 2.29. The van der Waals surface area contributed by atoms with Crippen LogP contribution in [-0.2, 0) is 11.2 Å². The Balaban J connectivity index is 1.94. The number of para-hydroxylation sites is 1. The predicted octanol–water partition coefficient (Wildman–Crippen LogP) is 5.60. The number of carbonyl (C=O) groups is 1. The minimum absolute atomic E-state index is 0.0156. The van der Waals surface area contributed by atoms with Crippen molar-refractivity contribution in [3.8, 4) is 11.5 Å². The van der Waals surface area contributed by atoms with Gasteiger partial charge in [0.1, 0.15) is 0 Å². The molecular formula is C21H26BrNO3. The minimum atomic E-state index is -0.0156. The first kappa shape index (κ1) is 20.3. The van der Waals surface area contributed by atoms with Gasteiger partial charge in [-0.05, 0) is 65.5 Å². The van der Waals surface area contributed by atoms with Gasteiger partial charge in [-0.3, -0.25) is 4.79 Å². The van der Waals surface area contributed by atoms with E-state index in [1.807, 2.05) is 49.4 Å². The largest absolute Gasteiger partial charge is 0.490 e. The van der Waals surface area contributed by atoms with Crippen molar-refractivity contribution in [3.63, 3.8) is 0 Å². The number of halogens is 1. The van der Waals surface area contributed by atoms with Crippen LogP contribution in [0.25, 0.3) is 0 Å². The van der Waals surface area contributed by atoms with Crippen LogP contribution in [0.15, 0.2) is 46.9 Å². The number of benzene rings is 2. The third-order valence-corrected chi connectivity index (χ3v) is 4.54. The molecule has 140 valence electrons. The maximum atomic E-state index is 12.2. The van der Waals surface area contributed by atoms with E-state index in [1.54, 1.807) is 0 Å². The second-order valence-corrected chi connectivity index (χ2v) is 6.80. The Morgan fingerprint density at radius 1 is 1.08 bits per heavy atom. The Morgan fingerprint density at radius 3 is 2.62 bits per heavy atom. The van der Waals surface area contributed by atoms with Crippen molar-refractivity contribution in [1.82, 2.24) is 0 Å². The number of rotatable bonds is 10. The first-order valence-electron chi connectivity index (χ1n) is 9.07. The smallest absolute Gasteiger partial charge is 0.224 e. The van der Waals surface area contributed by atoms with Gasteiger partial charge >= 0.3 is 0 Å². The van der Waals surface area contributed by atoms with Crippen LogP contribution in [0.1, 0.15) is 38.7 Å². The third-order valence-electron chi connectivity index (χ3n) is 3.85. The molecule has 0 bridgehead atoms. The van der Waals surface area contributed by atoms with Gasteiger partial charge in [0.05, 0.1) is 18.9 Å². The molecule has 2 aromatic rings. The topological polar surface area (TPSA) is 47.6 Å². The number of aryl methyl sites for hydroxylation is 1. The molecule has 0 fully saturated rings. The lowest BCUT2D eigenvalue weighted by molar-refractivity contribution is -0.116. The lowest BCUT2D eigenvalue weighted by atomic mass is 10.1. The van der Waals surface area contributed by atoms with Gasteiger partial charge in [0.2, 0.25) is 5.91 Å². The van der Waals surface area contributed by atoms with Crippen molar-refractivity contribution in [2.45, 2.75) is 39.5 Å². The molecular weight excluding hydrogens is 394 g/mol. The zero-order valence-electron chi connectivity index (χ0n) is 15.4. The number of anilines is 1. The summed E-state index contributed by atoms with van der Waals surface area (Å²) in [6.07, 6.45) is 3.16. The van der Waals surface area contributed by atoms with Crippen LogP contribution in [0, 0.1) is 0 Å². The standard InChI is InChI=1S/C21H26BrNO3/c1-3-5-14-26-19-12-10-16(15-20(19)25-4-2)11-13-21(24)23-18-9-7-6-8-17(18)22/h6-10,12,15H,3-5,11,13-14H2,1-2H3,(H,23,24). The minimum Gasteiger partial charge on any atom is -0.490 e. The van der Waals surface area contributed by atoms with Crippen LogP contribution in [0.3, 0.4) is 0 Å². The summed E-state index contributed by atoms with van der Waals surface area (Å²) in [5, 5.41) is 2.92. The maximum Gasteiger partial charge on any atom is 0.224 e. The fourth-order valence-electron chi connectivity index (χ4n) is 2.46. The Labute approximate surface area is 164 Å². The van der Waals surface area contributed by atoms with Gasteiger partial charge in [0, 0.05) is 10.9 Å². The van der Waals surface area contributed by atoms with Crippen molar-refractivity contribution in [1.29, 1.82) is 0 Å². The van der Waals surface area contributed by atoms with E-state index in [-0.39, 0.29) is 5.91 Å². The van der Waals surface area contributed by atoms with E-state index in [0.717, 1.165) is 40.1 Å². The zero-order valence-corrected chi connectivity index (χ0v) is 17.0. The molecule has 2 aromatic carbocycles. The van der Waals surface area contributed by atoms with E-state index in [4.69, 9.17) is 9.47 Å². The lowest BCUT2D eigenvalue weighted by Gasteiger charge is -2.13. The van der Waals surface area contributed by atoms with Gasteiger partial charge in [-0.1, -0.05) is 31.5 Å². The van der Waals surface area contributed by atoms with Crippen LogP contribution >= 0.6 is 15.9 Å². The number of amides is 1. The molecule has 1 N–H and O–H groups in total. The fraction of sp³-hybridized carbons (Fsp3) is 0.381. The second kappa shape index (κ2) is 10.9. The second-order valence-electron chi connectivity index (χ2n) is 5.94. The number of carbonyl (C=O) groups excluding carboxylic acids is 1. The molecule has 0 saturated heterocycles. The first-order chi connectivity index (χ1) is 12.6. The molecule has 0 aliphatic heterocycles. The van der Waals surface area contributed by atoms with E-state index in [2.05, 4.69) is 28.2 Å². The molecule has 0 heterocycles. The van der Waals surface area contributed by atoms with Crippen molar-refractivity contribution in [3.05, 3.63) is 52.5 Å². The number of hydrogen-bond donors (Lipinski definition) is 1. The van der Waals surface area contributed by atoms with Gasteiger partial charge in [0.25, 0.3) is 0 Å². The summed E-state index contributed by atoms with van der Waals surface area (Å²) < 4.78 is 12.4. The average Bonchev–Trinajstić information content (AvgIpc) is 2.64. The molecule has 0 aliphatic carbocycles. The summed E-state index contributed by atoms with van der Waals surface area (Å²) in [6.45, 7) is 5.35. The highest BCUT2D eigenvalue weighted by molar-refractivity contribution is 9.10. The summed E-state index contributed by atoms with van der Waals surface area (Å²) in [4.78, 5) is 12.2. The van der Waals surface area contributed by atoms with E-state index >= 15 is 0 Å². The summed E-state index contributed by atoms with van der Waals surface area (Å²) in [7, 11) is 0. The van der Waals surface area contributed by atoms with E-state index < -0.39 is 0 Å². The van der Waals surface area contributed by atoms with Crippen molar-refractivity contribution in [2.75, 3.05) is 18.5 Å². The fourth-order valence-corrected chi connectivity index (χ4v) is 2.84. The molecule has 0 atom stereocenters. The molecule has 0 spiro atoms. The molecule has 1 amide bonds. The zero-order chi connectivity index (χ0) is 18.8.